The molecule has 0 unspecified atom stereocenters. The van der Waals surface area contributed by atoms with Crippen LogP contribution in [0.15, 0.2) is 65.6 Å². The number of rotatable bonds is 11. The summed E-state index contributed by atoms with van der Waals surface area (Å²) in [5, 5.41) is 12.6. The minimum atomic E-state index is -1.05. The number of nitrogens with one attached hydrogen (secondary N) is 1. The number of thiocarbonyl (C=S) groups is 1. The first-order valence-electron chi connectivity index (χ1n) is 14.1. The zero-order chi connectivity index (χ0) is 31.9. The van der Waals surface area contributed by atoms with E-state index in [2.05, 4.69) is 10.2 Å². The van der Waals surface area contributed by atoms with Gasteiger partial charge in [0.1, 0.15) is 16.7 Å². The average Bonchev–Trinajstić information content (AvgIpc) is 3.30. The van der Waals surface area contributed by atoms with Crippen molar-refractivity contribution >= 4 is 81.0 Å². The largest absolute Gasteiger partial charge is 0.492 e. The number of hydrogen-bond acceptors (Lipinski definition) is 8. The molecule has 0 spiro atoms. The van der Waals surface area contributed by atoms with Crippen molar-refractivity contribution in [3.05, 3.63) is 86.7 Å². The van der Waals surface area contributed by atoms with Crippen molar-refractivity contribution < 1.29 is 29.0 Å². The Kier molecular flexibility index (Phi) is 11.1. The van der Waals surface area contributed by atoms with E-state index in [1.165, 1.54) is 29.2 Å². The Balaban J connectivity index is 1.31. The van der Waals surface area contributed by atoms with Gasteiger partial charge >= 0.3 is 5.97 Å². The second-order valence-electron chi connectivity index (χ2n) is 10.2. The third kappa shape index (κ3) is 8.43. The molecule has 0 aromatic heterocycles. The van der Waals surface area contributed by atoms with E-state index in [-0.39, 0.29) is 30.3 Å². The molecule has 0 aliphatic carbocycles. The highest BCUT2D eigenvalue weighted by Gasteiger charge is 2.32. The smallest absolute Gasteiger partial charge is 0.335 e. The molecule has 2 aliphatic rings. The van der Waals surface area contributed by atoms with Crippen molar-refractivity contribution in [2.24, 2.45) is 0 Å². The standard InChI is InChI=1S/C32H29Cl2N3O6S2/c33-25-3-1-2-24(29(25)34)21-6-9-26(43-17-14-36-12-15-42-16-13-36)22(18-21)19-27-30(39)37(32(44)45-27)11-10-28(38)35-23-7-4-20(5-8-23)31(40)41/h1-9,18-19H,10-17H2,(H,35,38)(H,40,41). The van der Waals surface area contributed by atoms with Crippen LogP contribution in [0.4, 0.5) is 5.69 Å². The molecule has 2 N–H and O–H groups in total. The molecule has 234 valence electrons. The van der Waals surface area contributed by atoms with Crippen LogP contribution in [0.3, 0.4) is 0 Å². The van der Waals surface area contributed by atoms with Gasteiger partial charge in [0.05, 0.1) is 33.7 Å². The number of carboxylic acid groups (broad SMARTS) is 1. The van der Waals surface area contributed by atoms with Crippen LogP contribution in [0.5, 0.6) is 5.75 Å². The number of morpholine rings is 1. The molecule has 0 saturated carbocycles. The zero-order valence-corrected chi connectivity index (χ0v) is 27.1. The fourth-order valence-corrected chi connectivity index (χ4v) is 6.47. The summed E-state index contributed by atoms with van der Waals surface area (Å²) in [6, 6.07) is 16.9. The SMILES string of the molecule is O=C(CCN1C(=O)C(=Cc2cc(-c3cccc(Cl)c3Cl)ccc2OCCN2CCOCC2)SC1=S)Nc1ccc(C(=O)O)cc1. The number of benzene rings is 3. The van der Waals surface area contributed by atoms with Crippen LogP contribution < -0.4 is 10.1 Å². The van der Waals surface area contributed by atoms with Crippen LogP contribution in [0, 0.1) is 0 Å². The molecule has 2 fully saturated rings. The number of anilines is 1. The Hall–Kier alpha value is -3.45. The lowest BCUT2D eigenvalue weighted by Gasteiger charge is -2.26. The van der Waals surface area contributed by atoms with Crippen molar-refractivity contribution in [2.75, 3.05) is 51.3 Å². The van der Waals surface area contributed by atoms with E-state index in [9.17, 15) is 14.4 Å². The molecule has 2 heterocycles. The molecule has 2 amide bonds. The lowest BCUT2D eigenvalue weighted by Crippen LogP contribution is -2.38. The summed E-state index contributed by atoms with van der Waals surface area (Å²) in [4.78, 5) is 41.1. The van der Waals surface area contributed by atoms with Gasteiger partial charge in [-0.15, -0.1) is 0 Å². The van der Waals surface area contributed by atoms with Crippen LogP contribution in [0.2, 0.25) is 10.0 Å². The molecular formula is C32H29Cl2N3O6S2. The minimum absolute atomic E-state index is 0.000939. The number of aromatic carboxylic acids is 1. The first-order chi connectivity index (χ1) is 21.7. The Morgan fingerprint density at radius 3 is 2.56 bits per heavy atom. The van der Waals surface area contributed by atoms with Gasteiger partial charge in [-0.1, -0.05) is 65.4 Å². The van der Waals surface area contributed by atoms with E-state index in [4.69, 9.17) is 50.0 Å². The van der Waals surface area contributed by atoms with Gasteiger partial charge in [-0.25, -0.2) is 4.79 Å². The number of nitrogens with zero attached hydrogens (tertiary/aromatic N) is 2. The first kappa shape index (κ1) is 32.9. The topological polar surface area (TPSA) is 108 Å². The highest BCUT2D eigenvalue weighted by Crippen LogP contribution is 2.38. The number of carbonyl (C=O) groups excluding carboxylic acids is 2. The van der Waals surface area contributed by atoms with Gasteiger partial charge in [0.15, 0.2) is 0 Å². The van der Waals surface area contributed by atoms with Gasteiger partial charge in [-0.2, -0.15) is 0 Å². The summed E-state index contributed by atoms with van der Waals surface area (Å²) in [6.45, 7) is 4.36. The second kappa shape index (κ2) is 15.2. The first-order valence-corrected chi connectivity index (χ1v) is 16.1. The van der Waals surface area contributed by atoms with Crippen LogP contribution in [-0.4, -0.2) is 83.0 Å². The summed E-state index contributed by atoms with van der Waals surface area (Å²) < 4.78 is 12.0. The van der Waals surface area contributed by atoms with Crippen molar-refractivity contribution in [2.45, 2.75) is 6.42 Å². The van der Waals surface area contributed by atoms with Crippen molar-refractivity contribution in [1.29, 1.82) is 0 Å². The molecule has 2 saturated heterocycles. The molecule has 3 aromatic rings. The summed E-state index contributed by atoms with van der Waals surface area (Å²) in [7, 11) is 0. The van der Waals surface area contributed by atoms with Crippen molar-refractivity contribution in [3.8, 4) is 16.9 Å². The summed E-state index contributed by atoms with van der Waals surface area (Å²) in [5.74, 6) is -1.10. The Morgan fingerprint density at radius 2 is 1.82 bits per heavy atom. The quantitative estimate of drug-likeness (QED) is 0.178. The van der Waals surface area contributed by atoms with E-state index in [1.807, 2.05) is 30.3 Å². The highest BCUT2D eigenvalue weighted by molar-refractivity contribution is 8.26. The van der Waals surface area contributed by atoms with Crippen molar-refractivity contribution in [1.82, 2.24) is 9.80 Å². The average molecular weight is 687 g/mol. The van der Waals surface area contributed by atoms with E-state index in [0.717, 1.165) is 42.5 Å². The molecule has 45 heavy (non-hydrogen) atoms. The maximum atomic E-state index is 13.4. The molecule has 5 rings (SSSR count). The number of hydrogen-bond donors (Lipinski definition) is 2. The molecule has 13 heteroatoms. The lowest BCUT2D eigenvalue weighted by atomic mass is 10.0. The predicted octanol–water partition coefficient (Wildman–Crippen LogP) is 6.30. The maximum absolute atomic E-state index is 13.4. The Labute approximate surface area is 280 Å². The predicted molar refractivity (Wildman–Crippen MR) is 181 cm³/mol. The third-order valence-corrected chi connectivity index (χ3v) is 9.38. The molecule has 2 aliphatic heterocycles. The number of amides is 2. The highest BCUT2D eigenvalue weighted by atomic mass is 35.5. The van der Waals surface area contributed by atoms with Crippen LogP contribution in [-0.2, 0) is 14.3 Å². The number of halogens is 2. The number of carboxylic acids is 1. The fourth-order valence-electron chi connectivity index (χ4n) is 4.76. The summed E-state index contributed by atoms with van der Waals surface area (Å²) >= 11 is 19.5. The number of ether oxygens (including phenoxy) is 2. The van der Waals surface area contributed by atoms with Gasteiger partial charge in [0, 0.05) is 49.4 Å². The Morgan fingerprint density at radius 1 is 1.07 bits per heavy atom. The summed E-state index contributed by atoms with van der Waals surface area (Å²) in [6.07, 6.45) is 1.74. The molecule has 3 aromatic carbocycles. The van der Waals surface area contributed by atoms with Crippen LogP contribution >= 0.6 is 47.2 Å². The molecule has 0 bridgehead atoms. The molecule has 0 radical (unpaired) electrons. The monoisotopic (exact) mass is 685 g/mol. The third-order valence-electron chi connectivity index (χ3n) is 7.18. The van der Waals surface area contributed by atoms with E-state index >= 15 is 0 Å². The van der Waals surface area contributed by atoms with Gasteiger partial charge in [0.2, 0.25) is 5.91 Å². The van der Waals surface area contributed by atoms with Gasteiger partial charge < -0.3 is 19.9 Å². The second-order valence-corrected chi connectivity index (χ2v) is 12.6. The van der Waals surface area contributed by atoms with Gasteiger partial charge in [0.25, 0.3) is 5.91 Å². The van der Waals surface area contributed by atoms with Crippen molar-refractivity contribution in [3.63, 3.8) is 0 Å². The minimum Gasteiger partial charge on any atom is -0.492 e. The van der Waals surface area contributed by atoms with Gasteiger partial charge in [-0.3, -0.25) is 19.4 Å². The van der Waals surface area contributed by atoms with E-state index in [1.54, 1.807) is 12.1 Å². The number of carbonyl (C=O) groups is 3. The van der Waals surface area contributed by atoms with Crippen LogP contribution in [0.25, 0.3) is 17.2 Å². The normalized spacial score (nSPS) is 16.3. The molecule has 9 nitrogen and oxygen atoms in total. The number of thioether (sulfide) groups is 1. The Bertz CT molecular complexity index is 1640. The van der Waals surface area contributed by atoms with Crippen LogP contribution in [0.1, 0.15) is 22.3 Å². The molecular weight excluding hydrogens is 657 g/mol. The lowest BCUT2D eigenvalue weighted by molar-refractivity contribution is -0.122. The molecule has 0 atom stereocenters. The zero-order valence-electron chi connectivity index (χ0n) is 24.0. The van der Waals surface area contributed by atoms with Gasteiger partial charge in [-0.05, 0) is 54.1 Å². The van der Waals surface area contributed by atoms with E-state index < -0.39 is 5.97 Å². The summed E-state index contributed by atoms with van der Waals surface area (Å²) in [5.41, 5.74) is 2.79. The fraction of sp³-hybridized carbons (Fsp3) is 0.250. The maximum Gasteiger partial charge on any atom is 0.335 e. The van der Waals surface area contributed by atoms with E-state index in [0.29, 0.717) is 56.1 Å².